The number of nitrogens with one attached hydrogen (secondary N) is 1. The van der Waals surface area contributed by atoms with Gasteiger partial charge in [0.15, 0.2) is 0 Å². The first kappa shape index (κ1) is 14.4. The summed E-state index contributed by atoms with van der Waals surface area (Å²) < 4.78 is 66.9. The number of rotatable bonds is 3. The molecule has 0 atom stereocenters. The summed E-state index contributed by atoms with van der Waals surface area (Å²) in [5, 5.41) is 4.69. The van der Waals surface area contributed by atoms with E-state index < -0.39 is 35.0 Å². The molecule has 0 bridgehead atoms. The summed E-state index contributed by atoms with van der Waals surface area (Å²) in [4.78, 5) is 11.2. The van der Waals surface area contributed by atoms with E-state index in [2.05, 4.69) is 9.84 Å². The highest BCUT2D eigenvalue weighted by atomic mass is 19.4. The number of aromatic amines is 1. The molecule has 1 aromatic heterocycles. The molecule has 0 saturated heterocycles. The van der Waals surface area contributed by atoms with Gasteiger partial charge in [-0.05, 0) is 13.8 Å². The molecule has 102 valence electrons. The minimum Gasteiger partial charge on any atom is -0.461 e. The van der Waals surface area contributed by atoms with Crippen LogP contribution in [0.4, 0.5) is 22.0 Å². The zero-order valence-corrected chi connectivity index (χ0v) is 9.36. The maximum atomic E-state index is 13.0. The molecule has 4 nitrogen and oxygen atoms in total. The molecule has 1 N–H and O–H groups in total. The van der Waals surface area contributed by atoms with Gasteiger partial charge in [-0.2, -0.15) is 27.1 Å². The average molecular weight is 272 g/mol. The predicted molar refractivity (Wildman–Crippen MR) is 49.2 cm³/mol. The Bertz CT molecular complexity index is 452. The highest BCUT2D eigenvalue weighted by molar-refractivity contribution is 5.89. The van der Waals surface area contributed by atoms with Gasteiger partial charge in [0.2, 0.25) is 0 Å². The lowest BCUT2D eigenvalue weighted by atomic mass is 10.1. The summed E-state index contributed by atoms with van der Waals surface area (Å²) in [6, 6.07) is 0. The van der Waals surface area contributed by atoms with E-state index in [4.69, 9.17) is 0 Å². The van der Waals surface area contributed by atoms with Crippen molar-refractivity contribution in [3.63, 3.8) is 0 Å². The highest BCUT2D eigenvalue weighted by Crippen LogP contribution is 2.44. The number of carbonyl (C=O) groups is 1. The fraction of sp³-hybridized carbons (Fsp3) is 0.556. The van der Waals surface area contributed by atoms with Gasteiger partial charge in [0.25, 0.3) is 0 Å². The van der Waals surface area contributed by atoms with Crippen LogP contribution < -0.4 is 0 Å². The molecule has 9 heteroatoms. The molecule has 1 aromatic rings. The van der Waals surface area contributed by atoms with Gasteiger partial charge in [-0.15, -0.1) is 0 Å². The van der Waals surface area contributed by atoms with Crippen LogP contribution in [0.3, 0.4) is 0 Å². The number of hydrogen-bond donors (Lipinski definition) is 1. The number of ether oxygens (including phenoxy) is 1. The highest BCUT2D eigenvalue weighted by Gasteiger charge is 2.61. The summed E-state index contributed by atoms with van der Waals surface area (Å²) in [6.07, 6.45) is -5.78. The third-order valence-corrected chi connectivity index (χ3v) is 2.14. The van der Waals surface area contributed by atoms with E-state index >= 15 is 0 Å². The second-order valence-electron chi connectivity index (χ2n) is 3.36. The lowest BCUT2D eigenvalue weighted by Crippen LogP contribution is -2.34. The van der Waals surface area contributed by atoms with Crippen molar-refractivity contribution in [3.8, 4) is 0 Å². The second kappa shape index (κ2) is 4.54. The Kier molecular flexibility index (Phi) is 3.63. The third-order valence-electron chi connectivity index (χ3n) is 2.14. The molecule has 18 heavy (non-hydrogen) atoms. The Labute approximate surface area is 98.1 Å². The molecule has 0 radical (unpaired) electrons. The van der Waals surface area contributed by atoms with Gasteiger partial charge in [-0.3, -0.25) is 5.10 Å². The number of aromatic nitrogens is 2. The van der Waals surface area contributed by atoms with Crippen molar-refractivity contribution in [2.24, 2.45) is 0 Å². The molecule has 0 aliphatic heterocycles. The Morgan fingerprint density at radius 1 is 1.33 bits per heavy atom. The topological polar surface area (TPSA) is 55.0 Å². The molecule has 1 rings (SSSR count). The maximum absolute atomic E-state index is 13.0. The zero-order chi connectivity index (χ0) is 14.1. The van der Waals surface area contributed by atoms with E-state index in [1.54, 1.807) is 0 Å². The summed E-state index contributed by atoms with van der Waals surface area (Å²) in [6.45, 7) is 2.36. The van der Waals surface area contributed by atoms with Crippen LogP contribution in [0.25, 0.3) is 0 Å². The Hall–Kier alpha value is -1.67. The smallest absolute Gasteiger partial charge is 0.459 e. The van der Waals surface area contributed by atoms with Crippen LogP contribution in [0.15, 0.2) is 0 Å². The molecule has 0 amide bonds. The van der Waals surface area contributed by atoms with Crippen molar-refractivity contribution in [1.29, 1.82) is 0 Å². The molecule has 0 aliphatic rings. The molecule has 0 fully saturated rings. The van der Waals surface area contributed by atoms with Gasteiger partial charge in [-0.25, -0.2) is 4.79 Å². The summed E-state index contributed by atoms with van der Waals surface area (Å²) in [7, 11) is 0. The van der Waals surface area contributed by atoms with E-state index in [9.17, 15) is 26.7 Å². The lowest BCUT2D eigenvalue weighted by Gasteiger charge is -2.17. The molecule has 0 aliphatic carbocycles. The minimum atomic E-state index is -5.78. The molecule has 0 saturated carbocycles. The fourth-order valence-electron chi connectivity index (χ4n) is 1.24. The predicted octanol–water partition coefficient (Wildman–Crippen LogP) is 2.55. The zero-order valence-electron chi connectivity index (χ0n) is 9.36. The third kappa shape index (κ3) is 2.29. The molecule has 0 unspecified atom stereocenters. The van der Waals surface area contributed by atoms with Crippen molar-refractivity contribution in [2.45, 2.75) is 25.9 Å². The fourth-order valence-corrected chi connectivity index (χ4v) is 1.24. The Morgan fingerprint density at radius 2 is 1.89 bits per heavy atom. The van der Waals surface area contributed by atoms with Crippen molar-refractivity contribution in [1.82, 2.24) is 10.2 Å². The van der Waals surface area contributed by atoms with Crippen LogP contribution >= 0.6 is 0 Å². The number of nitrogens with zero attached hydrogens (tertiary/aromatic N) is 1. The monoisotopic (exact) mass is 272 g/mol. The Morgan fingerprint density at radius 3 is 2.33 bits per heavy atom. The first-order valence-corrected chi connectivity index (χ1v) is 4.80. The van der Waals surface area contributed by atoms with Crippen LogP contribution in [0, 0.1) is 6.92 Å². The molecular formula is C9H9F5N2O2. The quantitative estimate of drug-likeness (QED) is 0.679. The van der Waals surface area contributed by atoms with Crippen molar-refractivity contribution < 1.29 is 31.5 Å². The SMILES string of the molecule is CCOC(=O)c1[nH]nc(C(F)(F)C(F)(F)F)c1C. The van der Waals surface area contributed by atoms with E-state index in [0.29, 0.717) is 0 Å². The largest absolute Gasteiger partial charge is 0.461 e. The Balaban J connectivity index is 3.19. The lowest BCUT2D eigenvalue weighted by molar-refractivity contribution is -0.291. The van der Waals surface area contributed by atoms with Gasteiger partial charge in [0.1, 0.15) is 11.4 Å². The van der Waals surface area contributed by atoms with Crippen LogP contribution in [0.1, 0.15) is 28.7 Å². The van der Waals surface area contributed by atoms with Gasteiger partial charge >= 0.3 is 18.1 Å². The number of esters is 1. The normalized spacial score (nSPS) is 12.6. The number of alkyl halides is 5. The summed E-state index contributed by atoms with van der Waals surface area (Å²) in [5.41, 5.74) is -2.63. The first-order chi connectivity index (χ1) is 8.13. The number of halogens is 5. The van der Waals surface area contributed by atoms with Crippen LogP contribution in [-0.2, 0) is 10.7 Å². The number of hydrogen-bond acceptors (Lipinski definition) is 3. The van der Waals surface area contributed by atoms with Gasteiger partial charge in [-0.1, -0.05) is 0 Å². The van der Waals surface area contributed by atoms with E-state index in [-0.39, 0.29) is 6.61 Å². The van der Waals surface area contributed by atoms with Crippen LogP contribution in [0.2, 0.25) is 0 Å². The molecule has 1 heterocycles. The van der Waals surface area contributed by atoms with E-state index in [1.165, 1.54) is 6.92 Å². The van der Waals surface area contributed by atoms with Crippen molar-refractivity contribution in [2.75, 3.05) is 6.61 Å². The number of H-pyrrole nitrogens is 1. The van der Waals surface area contributed by atoms with Gasteiger partial charge < -0.3 is 4.74 Å². The average Bonchev–Trinajstić information content (AvgIpc) is 2.59. The summed E-state index contributed by atoms with van der Waals surface area (Å²) in [5.74, 6) is -6.16. The van der Waals surface area contributed by atoms with Gasteiger partial charge in [0, 0.05) is 5.56 Å². The molecule has 0 aromatic carbocycles. The van der Waals surface area contributed by atoms with Crippen molar-refractivity contribution in [3.05, 3.63) is 17.0 Å². The number of carbonyl (C=O) groups excluding carboxylic acids is 1. The van der Waals surface area contributed by atoms with Crippen LogP contribution in [0.5, 0.6) is 0 Å². The maximum Gasteiger partial charge on any atom is 0.459 e. The van der Waals surface area contributed by atoms with E-state index in [0.717, 1.165) is 6.92 Å². The first-order valence-electron chi connectivity index (χ1n) is 4.80. The van der Waals surface area contributed by atoms with Crippen LogP contribution in [-0.4, -0.2) is 28.9 Å². The van der Waals surface area contributed by atoms with E-state index in [1.807, 2.05) is 5.10 Å². The molecule has 0 spiro atoms. The van der Waals surface area contributed by atoms with Gasteiger partial charge in [0.05, 0.1) is 6.61 Å². The standard InChI is InChI=1S/C9H9F5N2O2/c1-3-18-7(17)5-4(2)6(16-15-5)8(10,11)9(12,13)14/h3H2,1-2H3,(H,15,16). The summed E-state index contributed by atoms with van der Waals surface area (Å²) >= 11 is 0. The molecular weight excluding hydrogens is 263 g/mol. The second-order valence-corrected chi connectivity index (χ2v) is 3.36. The minimum absolute atomic E-state index is 0.0394. The van der Waals surface area contributed by atoms with Crippen molar-refractivity contribution >= 4 is 5.97 Å².